The third-order valence-corrected chi connectivity index (χ3v) is 2.55. The number of nitriles is 1. The predicted octanol–water partition coefficient (Wildman–Crippen LogP) is 2.10. The third-order valence-electron chi connectivity index (χ3n) is 2.55. The summed E-state index contributed by atoms with van der Waals surface area (Å²) in [7, 11) is 3.93. The highest BCUT2D eigenvalue weighted by molar-refractivity contribution is 5.97. The number of carbonyl (C=O) groups is 1. The van der Waals surface area contributed by atoms with Crippen LogP contribution in [0.25, 0.3) is 0 Å². The smallest absolute Gasteiger partial charge is 0.263 e. The zero-order valence-electron chi connectivity index (χ0n) is 12.3. The summed E-state index contributed by atoms with van der Waals surface area (Å²) in [6, 6.07) is 9.57. The van der Waals surface area contributed by atoms with Crippen molar-refractivity contribution >= 4 is 17.3 Å². The molecule has 0 fully saturated rings. The molecule has 0 aliphatic heterocycles. The molecule has 0 aliphatic carbocycles. The van der Waals surface area contributed by atoms with Gasteiger partial charge in [0.15, 0.2) is 0 Å². The summed E-state index contributed by atoms with van der Waals surface area (Å²) in [5.74, 6) is -0.375. The van der Waals surface area contributed by atoms with E-state index >= 15 is 0 Å². The molecule has 1 aromatic carbocycles. The van der Waals surface area contributed by atoms with Crippen LogP contribution >= 0.6 is 0 Å². The van der Waals surface area contributed by atoms with E-state index in [9.17, 15) is 4.79 Å². The summed E-state index contributed by atoms with van der Waals surface area (Å²) in [6.45, 7) is 3.70. The molecule has 0 heterocycles. The second kappa shape index (κ2) is 7.19. The van der Waals surface area contributed by atoms with Crippen LogP contribution in [0.1, 0.15) is 13.8 Å². The van der Waals surface area contributed by atoms with Crippen molar-refractivity contribution in [2.45, 2.75) is 19.9 Å². The van der Waals surface area contributed by atoms with Crippen LogP contribution in [0.15, 0.2) is 36.0 Å². The van der Waals surface area contributed by atoms with Gasteiger partial charge in [0.2, 0.25) is 0 Å². The Bertz CT molecular complexity index is 524. The molecular formula is C15H20N4O. The van der Waals surface area contributed by atoms with Crippen molar-refractivity contribution in [3.05, 3.63) is 36.0 Å². The number of amides is 1. The maximum atomic E-state index is 11.7. The number of benzene rings is 1. The van der Waals surface area contributed by atoms with Crippen LogP contribution in [0, 0.1) is 11.3 Å². The SMILES string of the molecule is CC(C)NC(=O)/C(C#N)=C\Nc1ccc(N(C)C)cc1. The summed E-state index contributed by atoms with van der Waals surface area (Å²) in [5, 5.41) is 14.6. The van der Waals surface area contributed by atoms with Gasteiger partial charge in [-0.1, -0.05) is 0 Å². The summed E-state index contributed by atoms with van der Waals surface area (Å²) in [5.41, 5.74) is 1.95. The Balaban J connectivity index is 2.74. The van der Waals surface area contributed by atoms with Crippen LogP contribution in [-0.2, 0) is 4.79 Å². The van der Waals surface area contributed by atoms with Gasteiger partial charge >= 0.3 is 0 Å². The van der Waals surface area contributed by atoms with Crippen molar-refractivity contribution in [2.24, 2.45) is 0 Å². The summed E-state index contributed by atoms with van der Waals surface area (Å²) < 4.78 is 0. The highest BCUT2D eigenvalue weighted by atomic mass is 16.1. The van der Waals surface area contributed by atoms with Crippen molar-refractivity contribution in [2.75, 3.05) is 24.3 Å². The number of rotatable bonds is 5. The number of hydrogen-bond acceptors (Lipinski definition) is 4. The highest BCUT2D eigenvalue weighted by Gasteiger charge is 2.09. The largest absolute Gasteiger partial charge is 0.378 e. The van der Waals surface area contributed by atoms with E-state index in [1.54, 1.807) is 0 Å². The Hall–Kier alpha value is -2.48. The second-order valence-electron chi connectivity index (χ2n) is 4.88. The molecule has 5 heteroatoms. The maximum Gasteiger partial charge on any atom is 0.263 e. The van der Waals surface area contributed by atoms with E-state index in [1.807, 2.05) is 63.2 Å². The first-order chi connectivity index (χ1) is 9.43. The van der Waals surface area contributed by atoms with Gasteiger partial charge in [0.1, 0.15) is 11.6 Å². The Kier molecular flexibility index (Phi) is 5.60. The molecule has 2 N–H and O–H groups in total. The van der Waals surface area contributed by atoms with E-state index in [1.165, 1.54) is 6.20 Å². The number of carbonyl (C=O) groups excluding carboxylic acids is 1. The lowest BCUT2D eigenvalue weighted by atomic mass is 10.2. The normalized spacial score (nSPS) is 10.9. The summed E-state index contributed by atoms with van der Waals surface area (Å²) in [6.07, 6.45) is 1.42. The monoisotopic (exact) mass is 272 g/mol. The fourth-order valence-electron chi connectivity index (χ4n) is 1.50. The molecule has 1 aromatic rings. The molecule has 5 nitrogen and oxygen atoms in total. The van der Waals surface area contributed by atoms with E-state index in [-0.39, 0.29) is 17.5 Å². The molecule has 1 rings (SSSR count). The van der Waals surface area contributed by atoms with Gasteiger partial charge < -0.3 is 15.5 Å². The van der Waals surface area contributed by atoms with Gasteiger partial charge in [-0.15, -0.1) is 0 Å². The predicted molar refractivity (Wildman–Crippen MR) is 81.4 cm³/mol. The van der Waals surface area contributed by atoms with Crippen LogP contribution in [0.4, 0.5) is 11.4 Å². The molecule has 0 radical (unpaired) electrons. The van der Waals surface area contributed by atoms with Crippen LogP contribution in [0.2, 0.25) is 0 Å². The lowest BCUT2D eigenvalue weighted by Gasteiger charge is -2.12. The molecule has 106 valence electrons. The molecule has 0 saturated carbocycles. The lowest BCUT2D eigenvalue weighted by Crippen LogP contribution is -2.31. The minimum atomic E-state index is -0.375. The average molecular weight is 272 g/mol. The molecular weight excluding hydrogens is 252 g/mol. The van der Waals surface area contributed by atoms with Gasteiger partial charge in [-0.25, -0.2) is 0 Å². The Morgan fingerprint density at radius 1 is 1.30 bits per heavy atom. The summed E-state index contributed by atoms with van der Waals surface area (Å²) >= 11 is 0. The lowest BCUT2D eigenvalue weighted by molar-refractivity contribution is -0.117. The number of anilines is 2. The number of nitrogens with zero attached hydrogens (tertiary/aromatic N) is 2. The van der Waals surface area contributed by atoms with Crippen molar-refractivity contribution in [3.8, 4) is 6.07 Å². The fraction of sp³-hybridized carbons (Fsp3) is 0.333. The van der Waals surface area contributed by atoms with Crippen LogP contribution in [0.5, 0.6) is 0 Å². The zero-order valence-corrected chi connectivity index (χ0v) is 12.3. The molecule has 0 aromatic heterocycles. The molecule has 0 atom stereocenters. The van der Waals surface area contributed by atoms with Crippen molar-refractivity contribution < 1.29 is 4.79 Å². The van der Waals surface area contributed by atoms with E-state index in [2.05, 4.69) is 10.6 Å². The second-order valence-corrected chi connectivity index (χ2v) is 4.88. The van der Waals surface area contributed by atoms with E-state index in [4.69, 9.17) is 5.26 Å². The number of hydrogen-bond donors (Lipinski definition) is 2. The maximum absolute atomic E-state index is 11.7. The fourth-order valence-corrected chi connectivity index (χ4v) is 1.50. The minimum Gasteiger partial charge on any atom is -0.378 e. The molecule has 20 heavy (non-hydrogen) atoms. The standard InChI is InChI=1S/C15H20N4O/c1-11(2)18-15(20)12(9-16)10-17-13-5-7-14(8-6-13)19(3)4/h5-8,10-11,17H,1-4H3,(H,18,20)/b12-10-. The topological polar surface area (TPSA) is 68.2 Å². The summed E-state index contributed by atoms with van der Waals surface area (Å²) in [4.78, 5) is 13.7. The first-order valence-corrected chi connectivity index (χ1v) is 6.39. The van der Waals surface area contributed by atoms with E-state index < -0.39 is 0 Å². The molecule has 0 aliphatic rings. The molecule has 0 saturated heterocycles. The van der Waals surface area contributed by atoms with Gasteiger partial charge in [0.25, 0.3) is 5.91 Å². The first kappa shape index (κ1) is 15.6. The van der Waals surface area contributed by atoms with E-state index in [0.717, 1.165) is 11.4 Å². The molecule has 0 bridgehead atoms. The molecule has 0 unspecified atom stereocenters. The average Bonchev–Trinajstić information content (AvgIpc) is 2.39. The van der Waals surface area contributed by atoms with Gasteiger partial charge in [-0.2, -0.15) is 5.26 Å². The van der Waals surface area contributed by atoms with Crippen molar-refractivity contribution in [1.82, 2.24) is 5.32 Å². The number of nitrogens with one attached hydrogen (secondary N) is 2. The quantitative estimate of drug-likeness (QED) is 0.636. The van der Waals surface area contributed by atoms with Gasteiger partial charge in [-0.05, 0) is 38.1 Å². The third kappa shape index (κ3) is 4.65. The van der Waals surface area contributed by atoms with Gasteiger partial charge in [0, 0.05) is 37.7 Å². The van der Waals surface area contributed by atoms with Crippen LogP contribution < -0.4 is 15.5 Å². The first-order valence-electron chi connectivity index (χ1n) is 6.39. The minimum absolute atomic E-state index is 0.00127. The molecule has 0 spiro atoms. The van der Waals surface area contributed by atoms with Crippen molar-refractivity contribution in [3.63, 3.8) is 0 Å². The Morgan fingerprint density at radius 3 is 2.35 bits per heavy atom. The Labute approximate surface area is 119 Å². The van der Waals surface area contributed by atoms with Crippen LogP contribution in [-0.4, -0.2) is 26.0 Å². The van der Waals surface area contributed by atoms with E-state index in [0.29, 0.717) is 0 Å². The van der Waals surface area contributed by atoms with Crippen molar-refractivity contribution in [1.29, 1.82) is 5.26 Å². The zero-order chi connectivity index (χ0) is 15.1. The van der Waals surface area contributed by atoms with Gasteiger partial charge in [0.05, 0.1) is 0 Å². The highest BCUT2D eigenvalue weighted by Crippen LogP contribution is 2.15. The Morgan fingerprint density at radius 2 is 1.90 bits per heavy atom. The van der Waals surface area contributed by atoms with Gasteiger partial charge in [-0.3, -0.25) is 4.79 Å². The molecule has 1 amide bonds. The van der Waals surface area contributed by atoms with Crippen LogP contribution in [0.3, 0.4) is 0 Å².